The standard InChI is InChI=1S/C8H9NO2/c1-2-4-9-7(3-1)8-5-10-6-11-8/h1-4,8H,5-6H2/t8-/m0/s1. The minimum absolute atomic E-state index is 0.0381. The van der Waals surface area contributed by atoms with Crippen LogP contribution in [0.5, 0.6) is 0 Å². The molecule has 1 aromatic heterocycles. The van der Waals surface area contributed by atoms with Crippen molar-refractivity contribution in [2.24, 2.45) is 0 Å². The third kappa shape index (κ3) is 1.39. The first-order chi connectivity index (χ1) is 5.47. The molecular weight excluding hydrogens is 142 g/mol. The van der Waals surface area contributed by atoms with E-state index >= 15 is 0 Å². The molecule has 3 heteroatoms. The molecule has 0 bridgehead atoms. The third-order valence-corrected chi connectivity index (χ3v) is 1.64. The van der Waals surface area contributed by atoms with Gasteiger partial charge in [0.1, 0.15) is 12.9 Å². The molecule has 1 saturated heterocycles. The zero-order valence-electron chi connectivity index (χ0n) is 6.06. The molecule has 2 rings (SSSR count). The van der Waals surface area contributed by atoms with Gasteiger partial charge in [0.05, 0.1) is 12.3 Å². The lowest BCUT2D eigenvalue weighted by Crippen LogP contribution is -2.01. The lowest BCUT2D eigenvalue weighted by Gasteiger charge is -2.04. The van der Waals surface area contributed by atoms with Gasteiger partial charge in [0.2, 0.25) is 0 Å². The van der Waals surface area contributed by atoms with Gasteiger partial charge in [0.25, 0.3) is 0 Å². The smallest absolute Gasteiger partial charge is 0.147 e. The van der Waals surface area contributed by atoms with E-state index in [2.05, 4.69) is 4.98 Å². The van der Waals surface area contributed by atoms with Crippen LogP contribution in [-0.2, 0) is 9.47 Å². The van der Waals surface area contributed by atoms with Crippen molar-refractivity contribution in [1.82, 2.24) is 4.98 Å². The van der Waals surface area contributed by atoms with Gasteiger partial charge in [0, 0.05) is 6.20 Å². The third-order valence-electron chi connectivity index (χ3n) is 1.64. The van der Waals surface area contributed by atoms with Crippen molar-refractivity contribution in [3.05, 3.63) is 30.1 Å². The molecule has 0 radical (unpaired) electrons. The summed E-state index contributed by atoms with van der Waals surface area (Å²) in [5.74, 6) is 0. The van der Waals surface area contributed by atoms with Crippen molar-refractivity contribution in [3.63, 3.8) is 0 Å². The van der Waals surface area contributed by atoms with Crippen LogP contribution in [0.2, 0.25) is 0 Å². The van der Waals surface area contributed by atoms with Crippen molar-refractivity contribution in [3.8, 4) is 0 Å². The van der Waals surface area contributed by atoms with Crippen LogP contribution >= 0.6 is 0 Å². The summed E-state index contributed by atoms with van der Waals surface area (Å²) in [4.78, 5) is 4.16. The maximum Gasteiger partial charge on any atom is 0.147 e. The van der Waals surface area contributed by atoms with E-state index in [0.29, 0.717) is 13.4 Å². The highest BCUT2D eigenvalue weighted by molar-refractivity contribution is 5.07. The summed E-state index contributed by atoms with van der Waals surface area (Å²) in [6, 6.07) is 5.78. The highest BCUT2D eigenvalue weighted by Gasteiger charge is 2.18. The Hall–Kier alpha value is -0.930. The highest BCUT2D eigenvalue weighted by atomic mass is 16.7. The molecule has 0 aromatic carbocycles. The van der Waals surface area contributed by atoms with Gasteiger partial charge in [-0.15, -0.1) is 0 Å². The topological polar surface area (TPSA) is 31.4 Å². The summed E-state index contributed by atoms with van der Waals surface area (Å²) in [6.45, 7) is 1.01. The SMILES string of the molecule is c1ccc([C@@H]2COCO2)nc1. The summed E-state index contributed by atoms with van der Waals surface area (Å²) in [6.07, 6.45) is 1.80. The average Bonchev–Trinajstić information content (AvgIpc) is 2.58. The predicted molar refractivity (Wildman–Crippen MR) is 38.9 cm³/mol. The lowest BCUT2D eigenvalue weighted by molar-refractivity contribution is 0.0455. The van der Waals surface area contributed by atoms with E-state index in [0.717, 1.165) is 5.69 Å². The van der Waals surface area contributed by atoms with Gasteiger partial charge in [-0.05, 0) is 12.1 Å². The number of hydrogen-bond donors (Lipinski definition) is 0. The molecule has 11 heavy (non-hydrogen) atoms. The summed E-state index contributed by atoms with van der Waals surface area (Å²) in [5, 5.41) is 0. The molecule has 2 heterocycles. The van der Waals surface area contributed by atoms with Crippen LogP contribution in [0.15, 0.2) is 24.4 Å². The van der Waals surface area contributed by atoms with Gasteiger partial charge in [0.15, 0.2) is 0 Å². The summed E-state index contributed by atoms with van der Waals surface area (Å²) >= 11 is 0. The number of hydrogen-bond acceptors (Lipinski definition) is 3. The first-order valence-corrected chi connectivity index (χ1v) is 3.57. The second-order valence-electron chi connectivity index (χ2n) is 2.40. The summed E-state index contributed by atoms with van der Waals surface area (Å²) in [7, 11) is 0. The highest BCUT2D eigenvalue weighted by Crippen LogP contribution is 2.19. The molecule has 0 aliphatic carbocycles. The van der Waals surface area contributed by atoms with E-state index in [1.54, 1.807) is 6.20 Å². The van der Waals surface area contributed by atoms with E-state index in [4.69, 9.17) is 9.47 Å². The Balaban J connectivity index is 2.16. The van der Waals surface area contributed by atoms with Crippen molar-refractivity contribution >= 4 is 0 Å². The predicted octanol–water partition coefficient (Wildman–Crippen LogP) is 1.13. The van der Waals surface area contributed by atoms with Crippen molar-refractivity contribution < 1.29 is 9.47 Å². The van der Waals surface area contributed by atoms with E-state index in [9.17, 15) is 0 Å². The van der Waals surface area contributed by atoms with Crippen LogP contribution in [0.4, 0.5) is 0 Å². The Morgan fingerprint density at radius 3 is 3.09 bits per heavy atom. The summed E-state index contributed by atoms with van der Waals surface area (Å²) in [5.41, 5.74) is 0.949. The monoisotopic (exact) mass is 151 g/mol. The van der Waals surface area contributed by atoms with E-state index < -0.39 is 0 Å². The quantitative estimate of drug-likeness (QED) is 0.602. The van der Waals surface area contributed by atoms with E-state index in [-0.39, 0.29) is 6.10 Å². The average molecular weight is 151 g/mol. The molecule has 3 nitrogen and oxygen atoms in total. The fraction of sp³-hybridized carbons (Fsp3) is 0.375. The van der Waals surface area contributed by atoms with Gasteiger partial charge in [-0.1, -0.05) is 6.07 Å². The molecule has 0 N–H and O–H groups in total. The maximum atomic E-state index is 5.25. The van der Waals surface area contributed by atoms with Crippen LogP contribution in [0.3, 0.4) is 0 Å². The second kappa shape index (κ2) is 2.98. The number of nitrogens with zero attached hydrogens (tertiary/aromatic N) is 1. The molecule has 0 spiro atoms. The molecule has 0 amide bonds. The van der Waals surface area contributed by atoms with Crippen LogP contribution < -0.4 is 0 Å². The first kappa shape index (κ1) is 6.76. The molecule has 1 aromatic rings. The fourth-order valence-corrected chi connectivity index (χ4v) is 1.07. The van der Waals surface area contributed by atoms with Crippen molar-refractivity contribution in [2.75, 3.05) is 13.4 Å². The van der Waals surface area contributed by atoms with Crippen LogP contribution in [0, 0.1) is 0 Å². The lowest BCUT2D eigenvalue weighted by atomic mass is 10.2. The Morgan fingerprint density at radius 1 is 1.45 bits per heavy atom. The molecule has 1 aliphatic rings. The molecule has 1 atom stereocenters. The molecule has 1 fully saturated rings. The zero-order chi connectivity index (χ0) is 7.52. The zero-order valence-corrected chi connectivity index (χ0v) is 6.06. The van der Waals surface area contributed by atoms with Gasteiger partial charge in [-0.3, -0.25) is 4.98 Å². The van der Waals surface area contributed by atoms with Crippen LogP contribution in [0.1, 0.15) is 11.8 Å². The number of ether oxygens (including phenoxy) is 2. The Morgan fingerprint density at radius 2 is 2.45 bits per heavy atom. The van der Waals surface area contributed by atoms with Crippen LogP contribution in [0.25, 0.3) is 0 Å². The van der Waals surface area contributed by atoms with Crippen molar-refractivity contribution in [1.29, 1.82) is 0 Å². The minimum Gasteiger partial charge on any atom is -0.352 e. The number of rotatable bonds is 1. The molecule has 58 valence electrons. The first-order valence-electron chi connectivity index (χ1n) is 3.57. The Bertz CT molecular complexity index is 219. The van der Waals surface area contributed by atoms with Gasteiger partial charge in [-0.2, -0.15) is 0 Å². The molecular formula is C8H9NO2. The van der Waals surface area contributed by atoms with Crippen molar-refractivity contribution in [2.45, 2.75) is 6.10 Å². The van der Waals surface area contributed by atoms with Gasteiger partial charge < -0.3 is 9.47 Å². The summed E-state index contributed by atoms with van der Waals surface area (Å²) < 4.78 is 10.3. The van der Waals surface area contributed by atoms with Crippen LogP contribution in [-0.4, -0.2) is 18.4 Å². The Labute approximate surface area is 65.0 Å². The molecule has 0 unspecified atom stereocenters. The largest absolute Gasteiger partial charge is 0.352 e. The minimum atomic E-state index is 0.0381. The second-order valence-corrected chi connectivity index (χ2v) is 2.40. The maximum absolute atomic E-state index is 5.25. The van der Waals surface area contributed by atoms with E-state index in [1.807, 2.05) is 18.2 Å². The normalized spacial score (nSPS) is 23.8. The Kier molecular flexibility index (Phi) is 1.83. The molecule has 1 aliphatic heterocycles. The van der Waals surface area contributed by atoms with Gasteiger partial charge >= 0.3 is 0 Å². The number of pyridine rings is 1. The fourth-order valence-electron chi connectivity index (χ4n) is 1.07. The van der Waals surface area contributed by atoms with E-state index in [1.165, 1.54) is 0 Å². The van der Waals surface area contributed by atoms with Gasteiger partial charge in [-0.25, -0.2) is 0 Å². The number of aromatic nitrogens is 1. The molecule has 0 saturated carbocycles.